The van der Waals surface area contributed by atoms with Gasteiger partial charge in [0.1, 0.15) is 5.65 Å². The van der Waals surface area contributed by atoms with E-state index in [2.05, 4.69) is 27.1 Å². The van der Waals surface area contributed by atoms with Crippen LogP contribution in [0.2, 0.25) is 0 Å². The number of hydrogen-bond acceptors (Lipinski definition) is 4. The van der Waals surface area contributed by atoms with Gasteiger partial charge in [-0.1, -0.05) is 6.92 Å². The number of nitrogens with two attached hydrogens (primary N) is 1. The Bertz CT molecular complexity index is 726. The predicted molar refractivity (Wildman–Crippen MR) is 90.4 cm³/mol. The van der Waals surface area contributed by atoms with Gasteiger partial charge >= 0.3 is 0 Å². The van der Waals surface area contributed by atoms with E-state index in [9.17, 15) is 4.79 Å². The van der Waals surface area contributed by atoms with Crippen molar-refractivity contribution in [2.75, 3.05) is 11.9 Å². The number of fused-ring (bicyclic) bond motifs is 3. The zero-order valence-electron chi connectivity index (χ0n) is 13.4. The molecule has 0 aliphatic carbocycles. The molecule has 4 rings (SSSR count). The number of hydrogen-bond donors (Lipinski definition) is 3. The monoisotopic (exact) mass is 313 g/mol. The number of nitrogens with one attached hydrogen (secondary N) is 2. The minimum atomic E-state index is -0.433. The molecule has 0 radical (unpaired) electrons. The second kappa shape index (κ2) is 5.53. The molecule has 23 heavy (non-hydrogen) atoms. The number of primary amides is 1. The molecule has 4 heterocycles. The van der Waals surface area contributed by atoms with Gasteiger partial charge in [0.2, 0.25) is 0 Å². The summed E-state index contributed by atoms with van der Waals surface area (Å²) >= 11 is 0. The number of pyridine rings is 1. The summed E-state index contributed by atoms with van der Waals surface area (Å²) in [4.78, 5) is 21.8. The summed E-state index contributed by atoms with van der Waals surface area (Å²) in [7, 11) is 0. The molecule has 6 nitrogen and oxygen atoms in total. The van der Waals surface area contributed by atoms with Crippen molar-refractivity contribution in [1.29, 1.82) is 0 Å². The molecule has 0 unspecified atom stereocenters. The zero-order chi connectivity index (χ0) is 16.0. The van der Waals surface area contributed by atoms with E-state index in [0.29, 0.717) is 23.7 Å². The van der Waals surface area contributed by atoms with E-state index in [4.69, 9.17) is 5.73 Å². The molecule has 0 spiro atoms. The number of piperidine rings is 1. The lowest BCUT2D eigenvalue weighted by Crippen LogP contribution is -2.46. The summed E-state index contributed by atoms with van der Waals surface area (Å²) in [5, 5.41) is 4.55. The van der Waals surface area contributed by atoms with Crippen LogP contribution in [0, 0.1) is 0 Å². The molecular weight excluding hydrogens is 290 g/mol. The Morgan fingerprint density at radius 3 is 2.83 bits per heavy atom. The van der Waals surface area contributed by atoms with Gasteiger partial charge in [-0.3, -0.25) is 9.69 Å². The molecule has 2 aliphatic rings. The average Bonchev–Trinajstić information content (AvgIpc) is 3.10. The number of carbonyl (C=O) groups excluding carboxylic acids is 1. The highest BCUT2D eigenvalue weighted by molar-refractivity contribution is 6.05. The normalized spacial score (nSPS) is 27.4. The van der Waals surface area contributed by atoms with E-state index in [-0.39, 0.29) is 0 Å². The van der Waals surface area contributed by atoms with Crippen molar-refractivity contribution < 1.29 is 4.79 Å². The van der Waals surface area contributed by atoms with E-state index in [0.717, 1.165) is 36.1 Å². The third-order valence-corrected chi connectivity index (χ3v) is 5.45. The number of rotatable bonds is 4. The molecule has 2 aliphatic heterocycles. The molecule has 2 fully saturated rings. The van der Waals surface area contributed by atoms with E-state index in [1.807, 2.05) is 12.3 Å². The molecule has 2 aromatic rings. The highest BCUT2D eigenvalue weighted by Crippen LogP contribution is 2.37. The van der Waals surface area contributed by atoms with Gasteiger partial charge in [-0.25, -0.2) is 4.98 Å². The van der Waals surface area contributed by atoms with Crippen LogP contribution in [0.5, 0.6) is 0 Å². The first kappa shape index (κ1) is 14.5. The Labute approximate surface area is 135 Å². The lowest BCUT2D eigenvalue weighted by Gasteiger charge is -2.39. The summed E-state index contributed by atoms with van der Waals surface area (Å²) in [5.74, 6) is -0.433. The minimum Gasteiger partial charge on any atom is -0.381 e. The number of anilines is 1. The standard InChI is InChI=1S/C17H23N5O/c1-2-22-11-3-4-12(22)8-10(7-11)21-15-13-5-6-19-17(13)20-9-14(15)16(18)23/h5-6,9-12H,2-4,7-8H2,1H3,(H2,18,23)(H2,19,20,21)/t10-,11-,12+. The Kier molecular flexibility index (Phi) is 3.49. The lowest BCUT2D eigenvalue weighted by molar-refractivity contribution is 0.100. The van der Waals surface area contributed by atoms with Gasteiger partial charge in [0, 0.05) is 35.9 Å². The highest BCUT2D eigenvalue weighted by atomic mass is 16.1. The van der Waals surface area contributed by atoms with Crippen LogP contribution in [-0.2, 0) is 0 Å². The smallest absolute Gasteiger partial charge is 0.252 e. The van der Waals surface area contributed by atoms with Crippen molar-refractivity contribution in [3.63, 3.8) is 0 Å². The highest BCUT2D eigenvalue weighted by Gasteiger charge is 2.39. The quantitative estimate of drug-likeness (QED) is 0.806. The summed E-state index contributed by atoms with van der Waals surface area (Å²) in [5.41, 5.74) is 7.64. The van der Waals surface area contributed by atoms with Crippen LogP contribution in [0.1, 0.15) is 43.0 Å². The molecule has 6 heteroatoms. The molecule has 2 aromatic heterocycles. The lowest BCUT2D eigenvalue weighted by atomic mass is 9.96. The van der Waals surface area contributed by atoms with Crippen molar-refractivity contribution in [2.24, 2.45) is 5.73 Å². The summed E-state index contributed by atoms with van der Waals surface area (Å²) in [6.45, 7) is 3.38. The SMILES string of the molecule is CCN1[C@@H]2CC[C@H]1C[C@H](Nc1c(C(N)=O)cnc3[nH]ccc13)C2. The van der Waals surface area contributed by atoms with Gasteiger partial charge in [0.25, 0.3) is 5.91 Å². The second-order valence-corrected chi connectivity index (χ2v) is 6.68. The Morgan fingerprint density at radius 1 is 1.43 bits per heavy atom. The third-order valence-electron chi connectivity index (χ3n) is 5.45. The van der Waals surface area contributed by atoms with Crippen molar-refractivity contribution >= 4 is 22.6 Å². The Hall–Kier alpha value is -2.08. The van der Waals surface area contributed by atoms with Crippen LogP contribution in [-0.4, -0.2) is 45.4 Å². The number of aromatic amines is 1. The molecule has 0 saturated carbocycles. The van der Waals surface area contributed by atoms with Gasteiger partial charge in [-0.15, -0.1) is 0 Å². The third kappa shape index (κ3) is 2.37. The molecule has 0 aromatic carbocycles. The van der Waals surface area contributed by atoms with E-state index in [1.54, 1.807) is 6.20 Å². The fraction of sp³-hybridized carbons (Fsp3) is 0.529. The molecule has 2 saturated heterocycles. The van der Waals surface area contributed by atoms with Crippen molar-refractivity contribution in [1.82, 2.24) is 14.9 Å². The van der Waals surface area contributed by atoms with Crippen molar-refractivity contribution in [3.8, 4) is 0 Å². The summed E-state index contributed by atoms with van der Waals surface area (Å²) in [6, 6.07) is 3.66. The maximum Gasteiger partial charge on any atom is 0.252 e. The van der Waals surface area contributed by atoms with Gasteiger partial charge in [0.15, 0.2) is 0 Å². The summed E-state index contributed by atoms with van der Waals surface area (Å²) in [6.07, 6.45) is 8.23. The number of H-pyrrole nitrogens is 1. The van der Waals surface area contributed by atoms with Crippen LogP contribution in [0.25, 0.3) is 11.0 Å². The Balaban J connectivity index is 1.64. The van der Waals surface area contributed by atoms with E-state index < -0.39 is 5.91 Å². The molecule has 2 bridgehead atoms. The largest absolute Gasteiger partial charge is 0.381 e. The van der Waals surface area contributed by atoms with E-state index in [1.165, 1.54) is 12.8 Å². The van der Waals surface area contributed by atoms with Gasteiger partial charge in [0.05, 0.1) is 11.3 Å². The van der Waals surface area contributed by atoms with Crippen LogP contribution < -0.4 is 11.1 Å². The fourth-order valence-corrected chi connectivity index (χ4v) is 4.46. The van der Waals surface area contributed by atoms with Crippen molar-refractivity contribution in [2.45, 2.75) is 50.7 Å². The number of aromatic nitrogens is 2. The molecule has 4 N–H and O–H groups in total. The van der Waals surface area contributed by atoms with E-state index >= 15 is 0 Å². The van der Waals surface area contributed by atoms with Crippen LogP contribution in [0.3, 0.4) is 0 Å². The Morgan fingerprint density at radius 2 is 2.17 bits per heavy atom. The van der Waals surface area contributed by atoms with Crippen LogP contribution in [0.4, 0.5) is 5.69 Å². The molecule has 3 atom stereocenters. The van der Waals surface area contributed by atoms with Crippen molar-refractivity contribution in [3.05, 3.63) is 24.0 Å². The molecule has 1 amide bonds. The number of carbonyl (C=O) groups is 1. The fourth-order valence-electron chi connectivity index (χ4n) is 4.46. The number of amides is 1. The summed E-state index contributed by atoms with van der Waals surface area (Å²) < 4.78 is 0. The maximum atomic E-state index is 11.8. The maximum absolute atomic E-state index is 11.8. The predicted octanol–water partition coefficient (Wildman–Crippen LogP) is 2.09. The van der Waals surface area contributed by atoms with Gasteiger partial charge < -0.3 is 16.0 Å². The molecule has 122 valence electrons. The van der Waals surface area contributed by atoms with Crippen LogP contribution >= 0.6 is 0 Å². The second-order valence-electron chi connectivity index (χ2n) is 6.68. The first-order valence-electron chi connectivity index (χ1n) is 8.45. The van der Waals surface area contributed by atoms with Crippen LogP contribution in [0.15, 0.2) is 18.5 Å². The molecular formula is C17H23N5O. The average molecular weight is 313 g/mol. The zero-order valence-corrected chi connectivity index (χ0v) is 13.4. The topological polar surface area (TPSA) is 87.0 Å². The number of nitrogens with zero attached hydrogens (tertiary/aromatic N) is 2. The van der Waals surface area contributed by atoms with Gasteiger partial charge in [-0.05, 0) is 38.3 Å². The van der Waals surface area contributed by atoms with Gasteiger partial charge in [-0.2, -0.15) is 0 Å². The first-order chi connectivity index (χ1) is 11.2. The minimum absolute atomic E-state index is 0.383. The first-order valence-corrected chi connectivity index (χ1v) is 8.45.